The molecule has 0 unspecified atom stereocenters. The maximum absolute atomic E-state index is 9.91. The number of hydrogen-bond acceptors (Lipinski definition) is 2. The Morgan fingerprint density at radius 1 is 1.22 bits per heavy atom. The highest BCUT2D eigenvalue weighted by molar-refractivity contribution is 5.85. The van der Waals surface area contributed by atoms with Crippen LogP contribution >= 0.6 is 0 Å². The predicted octanol–water partition coefficient (Wildman–Crippen LogP) is 2.22. The molecule has 2 aromatic rings. The third-order valence-electron chi connectivity index (χ3n) is 4.51. The Balaban J connectivity index is 1.86. The van der Waals surface area contributed by atoms with Gasteiger partial charge in [0, 0.05) is 29.7 Å². The molecular formula is C15H18N2O. The molecule has 94 valence electrons. The minimum absolute atomic E-state index is 0.136. The number of piperidine rings is 1. The van der Waals surface area contributed by atoms with Crippen molar-refractivity contribution in [3.8, 4) is 0 Å². The molecule has 3 heterocycles. The van der Waals surface area contributed by atoms with Crippen LogP contribution in [-0.4, -0.2) is 34.2 Å². The molecule has 2 aliphatic rings. The average molecular weight is 242 g/mol. The molecule has 18 heavy (non-hydrogen) atoms. The van der Waals surface area contributed by atoms with Crippen molar-refractivity contribution in [1.82, 2.24) is 9.88 Å². The molecule has 1 aromatic heterocycles. The van der Waals surface area contributed by atoms with Gasteiger partial charge in [-0.3, -0.25) is 4.90 Å². The number of fused-ring (bicyclic) bond motifs is 5. The van der Waals surface area contributed by atoms with Crippen molar-refractivity contribution in [3.63, 3.8) is 0 Å². The predicted molar refractivity (Wildman–Crippen MR) is 71.6 cm³/mol. The lowest BCUT2D eigenvalue weighted by molar-refractivity contribution is 0.0348. The number of hydrogen-bond donors (Lipinski definition) is 2. The molecule has 0 bridgehead atoms. The van der Waals surface area contributed by atoms with Crippen molar-refractivity contribution in [2.24, 2.45) is 0 Å². The Morgan fingerprint density at radius 3 is 3.06 bits per heavy atom. The van der Waals surface area contributed by atoms with E-state index in [0.29, 0.717) is 6.04 Å². The summed E-state index contributed by atoms with van der Waals surface area (Å²) in [6.07, 6.45) is 2.79. The van der Waals surface area contributed by atoms with E-state index in [-0.39, 0.29) is 6.10 Å². The van der Waals surface area contributed by atoms with Gasteiger partial charge in [-0.15, -0.1) is 0 Å². The molecule has 2 N–H and O–H groups in total. The summed E-state index contributed by atoms with van der Waals surface area (Å²) in [5, 5.41) is 11.3. The first-order valence-corrected chi connectivity index (χ1v) is 6.84. The fourth-order valence-electron chi connectivity index (χ4n) is 3.59. The molecule has 1 saturated heterocycles. The molecule has 0 saturated carbocycles. The van der Waals surface area contributed by atoms with Crippen LogP contribution in [0.15, 0.2) is 24.3 Å². The van der Waals surface area contributed by atoms with Gasteiger partial charge in [-0.25, -0.2) is 0 Å². The number of aliphatic hydroxyl groups is 1. The van der Waals surface area contributed by atoms with Crippen molar-refractivity contribution in [1.29, 1.82) is 0 Å². The zero-order valence-electron chi connectivity index (χ0n) is 10.4. The van der Waals surface area contributed by atoms with E-state index in [9.17, 15) is 5.11 Å². The Kier molecular flexibility index (Phi) is 2.26. The number of aliphatic hydroxyl groups excluding tert-OH is 1. The number of nitrogens with zero attached hydrogens (tertiary/aromatic N) is 1. The van der Waals surface area contributed by atoms with E-state index >= 15 is 0 Å². The first kappa shape index (κ1) is 10.6. The van der Waals surface area contributed by atoms with E-state index in [2.05, 4.69) is 34.1 Å². The number of H-pyrrole nitrogens is 1. The van der Waals surface area contributed by atoms with Crippen LogP contribution in [0.3, 0.4) is 0 Å². The Morgan fingerprint density at radius 2 is 2.11 bits per heavy atom. The Bertz CT molecular complexity index is 589. The van der Waals surface area contributed by atoms with Gasteiger partial charge >= 0.3 is 0 Å². The fourth-order valence-corrected chi connectivity index (χ4v) is 3.59. The van der Waals surface area contributed by atoms with Crippen LogP contribution in [0.5, 0.6) is 0 Å². The van der Waals surface area contributed by atoms with Gasteiger partial charge in [-0.05, 0) is 30.9 Å². The summed E-state index contributed by atoms with van der Waals surface area (Å²) in [5.74, 6) is 0. The molecule has 3 nitrogen and oxygen atoms in total. The van der Waals surface area contributed by atoms with E-state index in [4.69, 9.17) is 0 Å². The van der Waals surface area contributed by atoms with Crippen LogP contribution in [0.4, 0.5) is 0 Å². The summed E-state index contributed by atoms with van der Waals surface area (Å²) in [6.45, 7) is 2.16. The average Bonchev–Trinajstić information content (AvgIpc) is 2.78. The first-order valence-electron chi connectivity index (χ1n) is 6.84. The number of nitrogens with one attached hydrogen (secondary N) is 1. The van der Waals surface area contributed by atoms with Gasteiger partial charge in [0.05, 0.1) is 12.1 Å². The molecule has 4 rings (SSSR count). The largest absolute Gasteiger partial charge is 0.393 e. The van der Waals surface area contributed by atoms with Crippen LogP contribution in [0.1, 0.15) is 30.1 Å². The molecule has 0 aliphatic carbocycles. The second-order valence-corrected chi connectivity index (χ2v) is 5.54. The van der Waals surface area contributed by atoms with Gasteiger partial charge in [0.2, 0.25) is 0 Å². The zero-order chi connectivity index (χ0) is 12.1. The summed E-state index contributed by atoms with van der Waals surface area (Å²) < 4.78 is 0. The zero-order valence-corrected chi connectivity index (χ0v) is 10.4. The molecule has 2 aliphatic heterocycles. The fraction of sp³-hybridized carbons (Fsp3) is 0.467. The van der Waals surface area contributed by atoms with Crippen LogP contribution in [0.2, 0.25) is 0 Å². The van der Waals surface area contributed by atoms with Crippen molar-refractivity contribution in [3.05, 3.63) is 35.5 Å². The number of aromatic nitrogens is 1. The lowest BCUT2D eigenvalue weighted by atomic mass is 9.89. The Hall–Kier alpha value is -1.32. The van der Waals surface area contributed by atoms with Crippen molar-refractivity contribution in [2.45, 2.75) is 31.4 Å². The van der Waals surface area contributed by atoms with Gasteiger partial charge < -0.3 is 10.1 Å². The summed E-state index contributed by atoms with van der Waals surface area (Å²) >= 11 is 0. The normalized spacial score (nSPS) is 28.1. The highest BCUT2D eigenvalue weighted by Crippen LogP contribution is 2.39. The molecule has 2 atom stereocenters. The standard InChI is InChI=1S/C15H18N2O/c18-10-5-7-17-8-6-12-11-3-1-2-4-13(11)16-15(12)14(17)9-10/h1-4,10,14,16,18H,5-9H2/t10-,14-/m0/s1. The van der Waals surface area contributed by atoms with E-state index in [1.54, 1.807) is 0 Å². The second-order valence-electron chi connectivity index (χ2n) is 5.54. The third-order valence-corrected chi connectivity index (χ3v) is 4.51. The first-order chi connectivity index (χ1) is 8.83. The number of rotatable bonds is 0. The van der Waals surface area contributed by atoms with Gasteiger partial charge in [-0.2, -0.15) is 0 Å². The van der Waals surface area contributed by atoms with E-state index in [0.717, 1.165) is 32.4 Å². The lowest BCUT2D eigenvalue weighted by Crippen LogP contribution is -2.42. The molecule has 0 spiro atoms. The molecule has 3 heteroatoms. The van der Waals surface area contributed by atoms with Crippen molar-refractivity contribution >= 4 is 10.9 Å². The van der Waals surface area contributed by atoms with E-state index in [1.807, 2.05) is 0 Å². The molecular weight excluding hydrogens is 224 g/mol. The van der Waals surface area contributed by atoms with E-state index in [1.165, 1.54) is 22.2 Å². The third kappa shape index (κ3) is 1.44. The van der Waals surface area contributed by atoms with E-state index < -0.39 is 0 Å². The van der Waals surface area contributed by atoms with Crippen LogP contribution in [0, 0.1) is 0 Å². The van der Waals surface area contributed by atoms with Gasteiger partial charge in [0.25, 0.3) is 0 Å². The Labute approximate surface area is 106 Å². The van der Waals surface area contributed by atoms with Gasteiger partial charge in [-0.1, -0.05) is 18.2 Å². The summed E-state index contributed by atoms with van der Waals surface area (Å²) in [6, 6.07) is 8.94. The molecule has 0 amide bonds. The highest BCUT2D eigenvalue weighted by atomic mass is 16.3. The summed E-state index contributed by atoms with van der Waals surface area (Å²) in [7, 11) is 0. The van der Waals surface area contributed by atoms with Gasteiger partial charge in [0.15, 0.2) is 0 Å². The molecule has 1 aromatic carbocycles. The quantitative estimate of drug-likeness (QED) is 0.743. The summed E-state index contributed by atoms with van der Waals surface area (Å²) in [5.41, 5.74) is 4.06. The van der Waals surface area contributed by atoms with Crippen LogP contribution in [0.25, 0.3) is 10.9 Å². The minimum atomic E-state index is -0.136. The maximum atomic E-state index is 9.91. The summed E-state index contributed by atoms with van der Waals surface area (Å²) in [4.78, 5) is 6.10. The van der Waals surface area contributed by atoms with Crippen molar-refractivity contribution < 1.29 is 5.11 Å². The topological polar surface area (TPSA) is 39.3 Å². The highest BCUT2D eigenvalue weighted by Gasteiger charge is 2.34. The maximum Gasteiger partial charge on any atom is 0.0571 e. The smallest absolute Gasteiger partial charge is 0.0571 e. The lowest BCUT2D eigenvalue weighted by Gasteiger charge is -2.40. The number of benzene rings is 1. The molecule has 1 fully saturated rings. The van der Waals surface area contributed by atoms with Gasteiger partial charge in [0.1, 0.15) is 0 Å². The number of para-hydroxylation sites is 1. The minimum Gasteiger partial charge on any atom is -0.393 e. The number of aromatic amines is 1. The van der Waals surface area contributed by atoms with Crippen LogP contribution in [-0.2, 0) is 6.42 Å². The van der Waals surface area contributed by atoms with Crippen LogP contribution < -0.4 is 0 Å². The SMILES string of the molecule is O[C@H]1CCN2CCc3c([nH]c4ccccc34)[C@@H]2C1. The molecule has 0 radical (unpaired) electrons. The van der Waals surface area contributed by atoms with Crippen molar-refractivity contribution in [2.75, 3.05) is 13.1 Å². The monoisotopic (exact) mass is 242 g/mol. The second kappa shape index (κ2) is 3.84.